The zero-order chi connectivity index (χ0) is 20.1. The quantitative estimate of drug-likeness (QED) is 0.534. The summed E-state index contributed by atoms with van der Waals surface area (Å²) in [6.45, 7) is 10.8. The van der Waals surface area contributed by atoms with E-state index in [9.17, 15) is 9.59 Å². The first-order valence-corrected chi connectivity index (χ1v) is 10.5. The van der Waals surface area contributed by atoms with Gasteiger partial charge in [0.25, 0.3) is 0 Å². The first-order valence-electron chi connectivity index (χ1n) is 10.5. The molecule has 2 unspecified atom stereocenters. The number of rotatable bonds is 8. The fourth-order valence-corrected chi connectivity index (χ4v) is 4.09. The molecule has 4 heteroatoms. The van der Waals surface area contributed by atoms with E-state index in [0.29, 0.717) is 17.4 Å². The molecule has 1 saturated carbocycles. The van der Waals surface area contributed by atoms with E-state index in [1.807, 2.05) is 19.1 Å². The first kappa shape index (κ1) is 21.7. The Morgan fingerprint density at radius 3 is 2.44 bits per heavy atom. The van der Waals surface area contributed by atoms with Crippen LogP contribution < -0.4 is 0 Å². The minimum absolute atomic E-state index is 0.264. The van der Waals surface area contributed by atoms with E-state index in [1.165, 1.54) is 0 Å². The summed E-state index contributed by atoms with van der Waals surface area (Å²) < 4.78 is 10.8. The van der Waals surface area contributed by atoms with E-state index in [2.05, 4.69) is 33.8 Å². The number of hydrogen-bond donors (Lipinski definition) is 0. The van der Waals surface area contributed by atoms with E-state index in [1.54, 1.807) is 0 Å². The van der Waals surface area contributed by atoms with E-state index in [0.717, 1.165) is 44.9 Å². The van der Waals surface area contributed by atoms with Crippen LogP contribution in [0.3, 0.4) is 0 Å². The maximum atomic E-state index is 12.3. The molecule has 2 rings (SSSR count). The molecule has 0 radical (unpaired) electrons. The average molecular weight is 377 g/mol. The Kier molecular flexibility index (Phi) is 7.30. The number of hydrogen-bond acceptors (Lipinski definition) is 4. The molecule has 27 heavy (non-hydrogen) atoms. The average Bonchev–Trinajstić information content (AvgIpc) is 3.14. The highest BCUT2D eigenvalue weighted by molar-refractivity contribution is 5.93. The van der Waals surface area contributed by atoms with Gasteiger partial charge in [0.05, 0.1) is 5.57 Å². The van der Waals surface area contributed by atoms with E-state index in [-0.39, 0.29) is 17.6 Å². The summed E-state index contributed by atoms with van der Waals surface area (Å²) in [4.78, 5) is 24.4. The van der Waals surface area contributed by atoms with Crippen LogP contribution >= 0.6 is 0 Å². The summed E-state index contributed by atoms with van der Waals surface area (Å²) in [6, 6.07) is 0. The second kappa shape index (κ2) is 9.07. The van der Waals surface area contributed by atoms with Gasteiger partial charge in [0.2, 0.25) is 0 Å². The predicted octanol–water partition coefficient (Wildman–Crippen LogP) is 5.37. The Balaban J connectivity index is 1.82. The number of carbonyl (C=O) groups excluding carboxylic acids is 2. The standard InChI is InChI=1S/C23H36O4/c1-6-22(4,5)17(3)18-10-12-19(13-11-18)21(25)26-16-20(24)27-23(7-2)14-8-9-15-23/h10,12-13,17-18H,6-9,11,14-16H2,1-5H3. The van der Waals surface area contributed by atoms with Crippen LogP contribution in [0.15, 0.2) is 23.8 Å². The maximum Gasteiger partial charge on any atom is 0.344 e. The van der Waals surface area contributed by atoms with Gasteiger partial charge in [0, 0.05) is 0 Å². The van der Waals surface area contributed by atoms with E-state index >= 15 is 0 Å². The second-order valence-corrected chi connectivity index (χ2v) is 8.84. The predicted molar refractivity (Wildman–Crippen MR) is 107 cm³/mol. The van der Waals surface area contributed by atoms with Crippen LogP contribution in [0.5, 0.6) is 0 Å². The van der Waals surface area contributed by atoms with Crippen molar-refractivity contribution < 1.29 is 19.1 Å². The van der Waals surface area contributed by atoms with E-state index in [4.69, 9.17) is 9.47 Å². The van der Waals surface area contributed by atoms with Gasteiger partial charge in [0.1, 0.15) is 5.60 Å². The lowest BCUT2D eigenvalue weighted by Gasteiger charge is -2.36. The molecule has 2 aliphatic carbocycles. The molecule has 0 aromatic carbocycles. The second-order valence-electron chi connectivity index (χ2n) is 8.84. The van der Waals surface area contributed by atoms with Gasteiger partial charge >= 0.3 is 11.9 Å². The molecule has 0 saturated heterocycles. The summed E-state index contributed by atoms with van der Waals surface area (Å²) >= 11 is 0. The third-order valence-corrected chi connectivity index (χ3v) is 6.97. The Bertz CT molecular complexity index is 593. The molecule has 0 heterocycles. The van der Waals surface area contributed by atoms with Gasteiger partial charge in [-0.2, -0.15) is 0 Å². The molecule has 0 aromatic rings. The molecule has 1 fully saturated rings. The molecule has 2 atom stereocenters. The largest absolute Gasteiger partial charge is 0.457 e. The fraction of sp³-hybridized carbons (Fsp3) is 0.739. The Morgan fingerprint density at radius 1 is 1.26 bits per heavy atom. The van der Waals surface area contributed by atoms with Crippen molar-refractivity contribution in [2.24, 2.45) is 17.3 Å². The number of ether oxygens (including phenoxy) is 2. The minimum Gasteiger partial charge on any atom is -0.457 e. The Labute approximate surface area is 164 Å². The molecule has 4 nitrogen and oxygen atoms in total. The molecular weight excluding hydrogens is 340 g/mol. The summed E-state index contributed by atoms with van der Waals surface area (Å²) in [5, 5.41) is 0. The van der Waals surface area contributed by atoms with Crippen LogP contribution in [-0.2, 0) is 19.1 Å². The van der Waals surface area contributed by atoms with Crippen molar-refractivity contribution in [3.8, 4) is 0 Å². The first-order chi connectivity index (χ1) is 12.7. The third kappa shape index (κ3) is 5.46. The van der Waals surface area contributed by atoms with Crippen molar-refractivity contribution in [3.05, 3.63) is 23.8 Å². The normalized spacial score (nSPS) is 22.9. The highest BCUT2D eigenvalue weighted by atomic mass is 16.6. The van der Waals surface area contributed by atoms with Crippen molar-refractivity contribution in [1.82, 2.24) is 0 Å². The summed E-state index contributed by atoms with van der Waals surface area (Å²) in [5.41, 5.74) is 0.454. The summed E-state index contributed by atoms with van der Waals surface area (Å²) in [6.07, 6.45) is 12.7. The zero-order valence-corrected chi connectivity index (χ0v) is 17.7. The van der Waals surface area contributed by atoms with Gasteiger partial charge in [-0.3, -0.25) is 0 Å². The smallest absolute Gasteiger partial charge is 0.344 e. The SMILES string of the molecule is CCC1(OC(=O)COC(=O)C2=CCC(C(C)C(C)(C)CC)C=C2)CCCC1. The summed E-state index contributed by atoms with van der Waals surface area (Å²) in [5.74, 6) is 0.0668. The van der Waals surface area contributed by atoms with Crippen molar-refractivity contribution in [1.29, 1.82) is 0 Å². The van der Waals surface area contributed by atoms with Crippen molar-refractivity contribution in [2.75, 3.05) is 6.61 Å². The fourth-order valence-electron chi connectivity index (χ4n) is 4.09. The summed E-state index contributed by atoms with van der Waals surface area (Å²) in [7, 11) is 0. The van der Waals surface area contributed by atoms with Crippen LogP contribution in [0, 0.1) is 17.3 Å². The third-order valence-electron chi connectivity index (χ3n) is 6.97. The van der Waals surface area contributed by atoms with Gasteiger partial charge in [-0.15, -0.1) is 0 Å². The van der Waals surface area contributed by atoms with Gasteiger partial charge in [-0.05, 0) is 55.8 Å². The lowest BCUT2D eigenvalue weighted by atomic mass is 9.69. The molecule has 2 aliphatic rings. The van der Waals surface area contributed by atoms with Crippen LogP contribution in [0.4, 0.5) is 0 Å². The van der Waals surface area contributed by atoms with Crippen molar-refractivity contribution >= 4 is 11.9 Å². The molecule has 0 aliphatic heterocycles. The van der Waals surface area contributed by atoms with Crippen LogP contribution in [-0.4, -0.2) is 24.1 Å². The Hall–Kier alpha value is -1.58. The zero-order valence-electron chi connectivity index (χ0n) is 17.7. The highest BCUT2D eigenvalue weighted by Crippen LogP contribution is 2.39. The lowest BCUT2D eigenvalue weighted by molar-refractivity contribution is -0.168. The molecule has 0 bridgehead atoms. The monoisotopic (exact) mass is 376 g/mol. The maximum absolute atomic E-state index is 12.3. The molecule has 0 amide bonds. The highest BCUT2D eigenvalue weighted by Gasteiger charge is 2.36. The molecule has 152 valence electrons. The minimum atomic E-state index is -0.443. The number of esters is 2. The van der Waals surface area contributed by atoms with Gasteiger partial charge in [-0.1, -0.05) is 59.3 Å². The van der Waals surface area contributed by atoms with Gasteiger partial charge in [0.15, 0.2) is 6.61 Å². The number of carbonyl (C=O) groups is 2. The molecular formula is C23H36O4. The molecule has 0 spiro atoms. The van der Waals surface area contributed by atoms with Gasteiger partial charge < -0.3 is 9.47 Å². The van der Waals surface area contributed by atoms with Crippen LogP contribution in [0.2, 0.25) is 0 Å². The van der Waals surface area contributed by atoms with Crippen LogP contribution in [0.1, 0.15) is 79.6 Å². The lowest BCUT2D eigenvalue weighted by Crippen LogP contribution is -2.33. The van der Waals surface area contributed by atoms with E-state index < -0.39 is 11.9 Å². The Morgan fingerprint density at radius 2 is 1.93 bits per heavy atom. The molecule has 0 N–H and O–H groups in total. The van der Waals surface area contributed by atoms with Gasteiger partial charge in [-0.25, -0.2) is 9.59 Å². The van der Waals surface area contributed by atoms with Crippen LogP contribution in [0.25, 0.3) is 0 Å². The number of allylic oxidation sites excluding steroid dienone is 2. The van der Waals surface area contributed by atoms with Crippen molar-refractivity contribution in [2.45, 2.75) is 85.2 Å². The topological polar surface area (TPSA) is 52.6 Å². The van der Waals surface area contributed by atoms with Crippen molar-refractivity contribution in [3.63, 3.8) is 0 Å². The molecule has 0 aromatic heterocycles.